The fourth-order valence-corrected chi connectivity index (χ4v) is 0.923. The highest BCUT2D eigenvalue weighted by atomic mass is 35.5. The Morgan fingerprint density at radius 3 is 1.83 bits per heavy atom. The quantitative estimate of drug-likeness (QED) is 0.410. The molecule has 18 heavy (non-hydrogen) atoms. The second-order valence-electron chi connectivity index (χ2n) is 2.68. The standard InChI is InChI=1S/C8H8Cl4O6/c1-16-6(13)3(18-8(15)5(11)12)2-17-7(14)4(9)10/h3-5H,2H2,1H3/t3-/m0/s1. The molecule has 0 rings (SSSR count). The molecule has 0 aliphatic carbocycles. The largest absolute Gasteiger partial charge is 0.466 e. The lowest BCUT2D eigenvalue weighted by molar-refractivity contribution is -0.171. The number of rotatable bonds is 6. The van der Waals surface area contributed by atoms with Gasteiger partial charge in [0.15, 0.2) is 0 Å². The minimum Gasteiger partial charge on any atom is -0.466 e. The topological polar surface area (TPSA) is 78.9 Å². The predicted octanol–water partition coefficient (Wildman–Crippen LogP) is 1.22. The Bertz CT molecular complexity index is 319. The molecule has 0 amide bonds. The molecule has 0 saturated carbocycles. The van der Waals surface area contributed by atoms with Crippen molar-refractivity contribution in [3.05, 3.63) is 0 Å². The number of halogens is 4. The summed E-state index contributed by atoms with van der Waals surface area (Å²) in [5.41, 5.74) is 0. The van der Waals surface area contributed by atoms with Gasteiger partial charge in [-0.15, -0.1) is 0 Å². The Labute approximate surface area is 122 Å². The summed E-state index contributed by atoms with van der Waals surface area (Å²) in [6.07, 6.45) is -1.50. The first-order chi connectivity index (χ1) is 8.29. The molecule has 6 nitrogen and oxygen atoms in total. The van der Waals surface area contributed by atoms with E-state index < -0.39 is 40.3 Å². The zero-order valence-corrected chi connectivity index (χ0v) is 11.9. The molecule has 0 radical (unpaired) electrons. The molecule has 104 valence electrons. The van der Waals surface area contributed by atoms with E-state index >= 15 is 0 Å². The molecule has 0 saturated heterocycles. The Morgan fingerprint density at radius 1 is 0.944 bits per heavy atom. The molecule has 10 heteroatoms. The molecule has 0 spiro atoms. The van der Waals surface area contributed by atoms with Crippen LogP contribution in [0.15, 0.2) is 0 Å². The highest BCUT2D eigenvalue weighted by molar-refractivity contribution is 6.53. The smallest absolute Gasteiger partial charge is 0.350 e. The first-order valence-corrected chi connectivity index (χ1v) is 6.05. The van der Waals surface area contributed by atoms with Crippen LogP contribution in [0.3, 0.4) is 0 Å². The van der Waals surface area contributed by atoms with Gasteiger partial charge in [-0.1, -0.05) is 46.4 Å². The third kappa shape index (κ3) is 6.49. The van der Waals surface area contributed by atoms with Gasteiger partial charge in [0.25, 0.3) is 0 Å². The number of carbonyl (C=O) groups excluding carboxylic acids is 3. The monoisotopic (exact) mass is 340 g/mol. The summed E-state index contributed by atoms with van der Waals surface area (Å²) in [6.45, 7) is -0.617. The normalized spacial score (nSPS) is 12.2. The molecule has 0 unspecified atom stereocenters. The minimum atomic E-state index is -1.50. The first kappa shape index (κ1) is 17.6. The van der Waals surface area contributed by atoms with Gasteiger partial charge in [-0.2, -0.15) is 0 Å². The van der Waals surface area contributed by atoms with Crippen LogP contribution in [-0.4, -0.2) is 47.4 Å². The van der Waals surface area contributed by atoms with Crippen molar-refractivity contribution in [2.75, 3.05) is 13.7 Å². The molecule has 0 aromatic heterocycles. The van der Waals surface area contributed by atoms with Crippen LogP contribution >= 0.6 is 46.4 Å². The summed E-state index contributed by atoms with van der Waals surface area (Å²) < 4.78 is 13.4. The first-order valence-electron chi connectivity index (χ1n) is 4.30. The van der Waals surface area contributed by atoms with Crippen LogP contribution in [0.4, 0.5) is 0 Å². The van der Waals surface area contributed by atoms with Crippen molar-refractivity contribution < 1.29 is 28.6 Å². The number of esters is 3. The maximum atomic E-state index is 11.2. The minimum absolute atomic E-state index is 0.617. The number of alkyl halides is 4. The maximum Gasteiger partial charge on any atom is 0.350 e. The molecule has 0 aromatic rings. The lowest BCUT2D eigenvalue weighted by Crippen LogP contribution is -2.35. The van der Waals surface area contributed by atoms with Crippen molar-refractivity contribution in [1.29, 1.82) is 0 Å². The van der Waals surface area contributed by atoms with Gasteiger partial charge in [0, 0.05) is 0 Å². The zero-order chi connectivity index (χ0) is 14.3. The second kappa shape index (κ2) is 8.63. The van der Waals surface area contributed by atoms with Crippen molar-refractivity contribution in [3.8, 4) is 0 Å². The molecule has 0 heterocycles. The van der Waals surface area contributed by atoms with Crippen LogP contribution in [0.5, 0.6) is 0 Å². The number of hydrogen-bond acceptors (Lipinski definition) is 6. The Kier molecular flexibility index (Phi) is 8.43. The molecular weight excluding hydrogens is 334 g/mol. The molecule has 0 bridgehead atoms. The molecule has 0 fully saturated rings. The van der Waals surface area contributed by atoms with Gasteiger partial charge in [-0.05, 0) is 0 Å². The fraction of sp³-hybridized carbons (Fsp3) is 0.625. The van der Waals surface area contributed by atoms with Crippen molar-refractivity contribution >= 4 is 64.3 Å². The van der Waals surface area contributed by atoms with Gasteiger partial charge < -0.3 is 14.2 Å². The summed E-state index contributed by atoms with van der Waals surface area (Å²) >= 11 is 20.9. The van der Waals surface area contributed by atoms with Gasteiger partial charge in [0.1, 0.15) is 6.61 Å². The number of ether oxygens (including phenoxy) is 3. The Hall–Kier alpha value is -0.430. The van der Waals surface area contributed by atoms with E-state index in [1.54, 1.807) is 0 Å². The summed E-state index contributed by atoms with van der Waals surface area (Å²) in [5, 5.41) is 0. The third-order valence-electron chi connectivity index (χ3n) is 1.46. The summed E-state index contributed by atoms with van der Waals surface area (Å²) in [4.78, 5) is 30.3. The molecule has 0 aliphatic heterocycles. The van der Waals surface area contributed by atoms with E-state index in [0.717, 1.165) is 7.11 Å². The van der Waals surface area contributed by atoms with E-state index in [9.17, 15) is 14.4 Å². The predicted molar refractivity (Wildman–Crippen MR) is 63.8 cm³/mol. The SMILES string of the molecule is COC(=O)[C@H](COC(=O)C(Cl)Cl)OC(=O)C(Cl)Cl. The van der Waals surface area contributed by atoms with Crippen LogP contribution in [-0.2, 0) is 28.6 Å². The third-order valence-corrected chi connectivity index (χ3v) is 2.17. The van der Waals surface area contributed by atoms with Gasteiger partial charge in [-0.25, -0.2) is 14.4 Å². The van der Waals surface area contributed by atoms with Gasteiger partial charge >= 0.3 is 17.9 Å². The van der Waals surface area contributed by atoms with Crippen molar-refractivity contribution in [2.45, 2.75) is 15.8 Å². The summed E-state index contributed by atoms with van der Waals surface area (Å²) in [6, 6.07) is 0. The summed E-state index contributed by atoms with van der Waals surface area (Å²) in [5.74, 6) is -3.04. The zero-order valence-electron chi connectivity index (χ0n) is 8.90. The van der Waals surface area contributed by atoms with Crippen LogP contribution < -0.4 is 0 Å². The average Bonchev–Trinajstić information content (AvgIpc) is 2.32. The van der Waals surface area contributed by atoms with Crippen molar-refractivity contribution in [1.82, 2.24) is 0 Å². The molecule has 0 N–H and O–H groups in total. The highest BCUT2D eigenvalue weighted by Gasteiger charge is 2.28. The van der Waals surface area contributed by atoms with E-state index in [1.165, 1.54) is 0 Å². The number of carbonyl (C=O) groups is 3. The van der Waals surface area contributed by atoms with Crippen LogP contribution in [0, 0.1) is 0 Å². The van der Waals surface area contributed by atoms with Crippen molar-refractivity contribution in [3.63, 3.8) is 0 Å². The lowest BCUT2D eigenvalue weighted by atomic mass is 10.4. The van der Waals surface area contributed by atoms with Gasteiger partial charge in [-0.3, -0.25) is 0 Å². The molecule has 1 atom stereocenters. The molecule has 0 aliphatic rings. The van der Waals surface area contributed by atoms with E-state index in [4.69, 9.17) is 46.4 Å². The summed E-state index contributed by atoms with van der Waals surface area (Å²) in [7, 11) is 1.05. The molecule has 0 aromatic carbocycles. The number of hydrogen-bond donors (Lipinski definition) is 0. The average molecular weight is 342 g/mol. The molecular formula is C8H8Cl4O6. The van der Waals surface area contributed by atoms with Crippen molar-refractivity contribution in [2.24, 2.45) is 0 Å². The van der Waals surface area contributed by atoms with Crippen LogP contribution in [0.2, 0.25) is 0 Å². The Balaban J connectivity index is 4.46. The second-order valence-corrected chi connectivity index (χ2v) is 4.87. The van der Waals surface area contributed by atoms with E-state index in [0.29, 0.717) is 0 Å². The van der Waals surface area contributed by atoms with E-state index in [-0.39, 0.29) is 0 Å². The fourth-order valence-electron chi connectivity index (χ4n) is 0.694. The van der Waals surface area contributed by atoms with Gasteiger partial charge in [0.05, 0.1) is 7.11 Å². The maximum absolute atomic E-state index is 11.2. The van der Waals surface area contributed by atoms with Crippen LogP contribution in [0.1, 0.15) is 0 Å². The van der Waals surface area contributed by atoms with E-state index in [1.807, 2.05) is 0 Å². The van der Waals surface area contributed by atoms with E-state index in [2.05, 4.69) is 14.2 Å². The van der Waals surface area contributed by atoms with Gasteiger partial charge in [0.2, 0.25) is 15.8 Å². The number of methoxy groups -OCH3 is 1. The lowest BCUT2D eigenvalue weighted by Gasteiger charge is -2.16. The highest BCUT2D eigenvalue weighted by Crippen LogP contribution is 2.09. The van der Waals surface area contributed by atoms with Crippen LogP contribution in [0.25, 0.3) is 0 Å². The Morgan fingerprint density at radius 2 is 1.44 bits per heavy atom.